The van der Waals surface area contributed by atoms with Crippen LogP contribution in [0.25, 0.3) is 16.9 Å². The molecule has 1 atom stereocenters. The van der Waals surface area contributed by atoms with E-state index in [-0.39, 0.29) is 0 Å². The molecule has 4 rings (SSSR count). The summed E-state index contributed by atoms with van der Waals surface area (Å²) in [6.45, 7) is 5.34. The van der Waals surface area contributed by atoms with E-state index >= 15 is 0 Å². The molecule has 1 aliphatic rings. The van der Waals surface area contributed by atoms with Crippen molar-refractivity contribution in [3.63, 3.8) is 0 Å². The van der Waals surface area contributed by atoms with E-state index in [9.17, 15) is 8.42 Å². The average Bonchev–Trinajstić information content (AvgIpc) is 3.05. The zero-order valence-electron chi connectivity index (χ0n) is 15.1. The number of aromatic nitrogens is 2. The molecule has 3 aromatic rings. The molecule has 0 radical (unpaired) electrons. The molecule has 0 spiro atoms. The molecule has 1 fully saturated rings. The first-order chi connectivity index (χ1) is 12.4. The number of nitrogens with zero attached hydrogens (tertiary/aromatic N) is 3. The fourth-order valence-electron chi connectivity index (χ4n) is 3.57. The van der Waals surface area contributed by atoms with Gasteiger partial charge in [0.15, 0.2) is 0 Å². The Labute approximate surface area is 154 Å². The summed E-state index contributed by atoms with van der Waals surface area (Å²) in [5.41, 5.74) is 3.60. The van der Waals surface area contributed by atoms with Crippen LogP contribution in [0.3, 0.4) is 0 Å². The Morgan fingerprint density at radius 3 is 2.81 bits per heavy atom. The SMILES string of the molecule is Cc1ccc2nc(-c3cccc(S(=O)(=O)N4CCCC(C)C4)c3)cn2c1. The number of aryl methyl sites for hydroxylation is 1. The summed E-state index contributed by atoms with van der Waals surface area (Å²) in [5, 5.41) is 0. The molecule has 1 aromatic carbocycles. The molecule has 0 amide bonds. The maximum absolute atomic E-state index is 13.0. The van der Waals surface area contributed by atoms with Gasteiger partial charge >= 0.3 is 0 Å². The number of pyridine rings is 1. The van der Waals surface area contributed by atoms with Gasteiger partial charge in [-0.15, -0.1) is 0 Å². The smallest absolute Gasteiger partial charge is 0.243 e. The zero-order chi connectivity index (χ0) is 18.3. The normalized spacial score (nSPS) is 19.1. The van der Waals surface area contributed by atoms with Gasteiger partial charge in [-0.2, -0.15) is 4.31 Å². The summed E-state index contributed by atoms with van der Waals surface area (Å²) in [5.74, 6) is 0.406. The largest absolute Gasteiger partial charge is 0.306 e. The van der Waals surface area contributed by atoms with Crippen molar-refractivity contribution in [2.24, 2.45) is 5.92 Å². The number of hydrogen-bond acceptors (Lipinski definition) is 3. The van der Waals surface area contributed by atoms with E-state index < -0.39 is 10.0 Å². The molecule has 26 heavy (non-hydrogen) atoms. The molecule has 3 heterocycles. The number of benzene rings is 1. The summed E-state index contributed by atoms with van der Waals surface area (Å²) >= 11 is 0. The lowest BCUT2D eigenvalue weighted by Crippen LogP contribution is -2.39. The monoisotopic (exact) mass is 369 g/mol. The first-order valence-corrected chi connectivity index (χ1v) is 10.4. The van der Waals surface area contributed by atoms with Crippen molar-refractivity contribution >= 4 is 15.7 Å². The van der Waals surface area contributed by atoms with E-state index in [1.165, 1.54) is 0 Å². The van der Waals surface area contributed by atoms with E-state index in [4.69, 9.17) is 0 Å². The van der Waals surface area contributed by atoms with Crippen LogP contribution in [0.4, 0.5) is 0 Å². The van der Waals surface area contributed by atoms with Gasteiger partial charge in [-0.05, 0) is 49.4 Å². The third kappa shape index (κ3) is 3.15. The van der Waals surface area contributed by atoms with Crippen LogP contribution in [-0.4, -0.2) is 35.2 Å². The number of fused-ring (bicyclic) bond motifs is 1. The Morgan fingerprint density at radius 2 is 2.00 bits per heavy atom. The highest BCUT2D eigenvalue weighted by Gasteiger charge is 2.28. The second kappa shape index (κ2) is 6.52. The van der Waals surface area contributed by atoms with Gasteiger partial charge < -0.3 is 4.40 Å². The molecule has 0 aliphatic carbocycles. The highest BCUT2D eigenvalue weighted by Crippen LogP contribution is 2.27. The molecular weight excluding hydrogens is 346 g/mol. The van der Waals surface area contributed by atoms with Gasteiger partial charge in [-0.1, -0.05) is 25.1 Å². The maximum atomic E-state index is 13.0. The Bertz CT molecular complexity index is 1060. The molecule has 136 valence electrons. The van der Waals surface area contributed by atoms with Gasteiger partial charge in [-0.25, -0.2) is 13.4 Å². The van der Waals surface area contributed by atoms with Crippen LogP contribution in [-0.2, 0) is 10.0 Å². The van der Waals surface area contributed by atoms with Crippen LogP contribution in [0.15, 0.2) is 53.7 Å². The van der Waals surface area contributed by atoms with E-state index in [1.54, 1.807) is 22.5 Å². The molecule has 6 heteroatoms. The van der Waals surface area contributed by atoms with Gasteiger partial charge in [0.2, 0.25) is 10.0 Å². The minimum atomic E-state index is -3.46. The van der Waals surface area contributed by atoms with Crippen molar-refractivity contribution in [2.75, 3.05) is 13.1 Å². The second-order valence-corrected chi connectivity index (χ2v) is 9.17. The molecule has 1 aliphatic heterocycles. The van der Waals surface area contributed by atoms with Crippen molar-refractivity contribution in [2.45, 2.75) is 31.6 Å². The summed E-state index contributed by atoms with van der Waals surface area (Å²) in [6, 6.07) is 11.1. The lowest BCUT2D eigenvalue weighted by Gasteiger charge is -2.30. The Balaban J connectivity index is 1.71. The van der Waals surface area contributed by atoms with Crippen molar-refractivity contribution in [1.82, 2.24) is 13.7 Å². The summed E-state index contributed by atoms with van der Waals surface area (Å²) < 4.78 is 29.7. The maximum Gasteiger partial charge on any atom is 0.243 e. The van der Waals surface area contributed by atoms with E-state index in [0.717, 1.165) is 35.3 Å². The Kier molecular flexibility index (Phi) is 4.32. The topological polar surface area (TPSA) is 54.7 Å². The third-order valence-corrected chi connectivity index (χ3v) is 6.85. The standard InChI is InChI=1S/C20H23N3O2S/c1-15-5-4-10-23(13-15)26(24,25)18-7-3-6-17(11-18)19-14-22-12-16(2)8-9-20(22)21-19/h3,6-9,11-12,14-15H,4-5,10,13H2,1-2H3. The van der Waals surface area contributed by atoms with Gasteiger partial charge in [0.05, 0.1) is 10.6 Å². The van der Waals surface area contributed by atoms with Crippen molar-refractivity contribution in [3.8, 4) is 11.3 Å². The van der Waals surface area contributed by atoms with E-state index in [0.29, 0.717) is 23.9 Å². The molecule has 5 nitrogen and oxygen atoms in total. The van der Waals surface area contributed by atoms with Crippen molar-refractivity contribution in [1.29, 1.82) is 0 Å². The molecule has 1 unspecified atom stereocenters. The number of piperidine rings is 1. The van der Waals surface area contributed by atoms with E-state index in [1.807, 2.05) is 41.9 Å². The molecule has 0 N–H and O–H groups in total. The zero-order valence-corrected chi connectivity index (χ0v) is 15.9. The highest BCUT2D eigenvalue weighted by atomic mass is 32.2. The van der Waals surface area contributed by atoms with Crippen LogP contribution < -0.4 is 0 Å². The summed E-state index contributed by atoms with van der Waals surface area (Å²) in [7, 11) is -3.46. The molecular formula is C20H23N3O2S. The Hall–Kier alpha value is -2.18. The highest BCUT2D eigenvalue weighted by molar-refractivity contribution is 7.89. The van der Waals surface area contributed by atoms with Crippen molar-refractivity contribution < 1.29 is 8.42 Å². The predicted octanol–water partition coefficient (Wildman–Crippen LogP) is 3.73. The lowest BCUT2D eigenvalue weighted by molar-refractivity contribution is 0.281. The predicted molar refractivity (Wildman–Crippen MR) is 103 cm³/mol. The Morgan fingerprint density at radius 1 is 1.15 bits per heavy atom. The van der Waals surface area contributed by atoms with Crippen LogP contribution in [0, 0.1) is 12.8 Å². The fourth-order valence-corrected chi connectivity index (χ4v) is 5.22. The van der Waals surface area contributed by atoms with Crippen molar-refractivity contribution in [3.05, 3.63) is 54.4 Å². The first kappa shape index (κ1) is 17.2. The quantitative estimate of drug-likeness (QED) is 0.707. The minimum absolute atomic E-state index is 0.345. The average molecular weight is 369 g/mol. The van der Waals surface area contributed by atoms with Gasteiger partial charge in [0.25, 0.3) is 0 Å². The fraction of sp³-hybridized carbons (Fsp3) is 0.350. The van der Waals surface area contributed by atoms with Crippen LogP contribution in [0.1, 0.15) is 25.3 Å². The molecule has 1 saturated heterocycles. The summed E-state index contributed by atoms with van der Waals surface area (Å²) in [6.07, 6.45) is 5.97. The minimum Gasteiger partial charge on any atom is -0.306 e. The van der Waals surface area contributed by atoms with E-state index in [2.05, 4.69) is 11.9 Å². The van der Waals surface area contributed by atoms with Crippen LogP contribution in [0.2, 0.25) is 0 Å². The lowest BCUT2D eigenvalue weighted by atomic mass is 10.0. The number of rotatable bonds is 3. The molecule has 0 bridgehead atoms. The third-order valence-electron chi connectivity index (χ3n) is 4.99. The summed E-state index contributed by atoms with van der Waals surface area (Å²) in [4.78, 5) is 4.97. The number of hydrogen-bond donors (Lipinski definition) is 0. The van der Waals surface area contributed by atoms with Gasteiger partial charge in [0.1, 0.15) is 5.65 Å². The number of sulfonamides is 1. The van der Waals surface area contributed by atoms with Crippen LogP contribution in [0.5, 0.6) is 0 Å². The van der Waals surface area contributed by atoms with Gasteiger partial charge in [0, 0.05) is 31.0 Å². The van der Waals surface area contributed by atoms with Gasteiger partial charge in [-0.3, -0.25) is 0 Å². The van der Waals surface area contributed by atoms with Crippen LogP contribution >= 0.6 is 0 Å². The second-order valence-electron chi connectivity index (χ2n) is 7.24. The number of imidazole rings is 1. The molecule has 0 saturated carbocycles. The molecule has 2 aromatic heterocycles. The first-order valence-electron chi connectivity index (χ1n) is 8.99.